The third kappa shape index (κ3) is 5.75. The van der Waals surface area contributed by atoms with Crippen LogP contribution in [0.5, 0.6) is 5.75 Å². The number of aliphatic hydroxyl groups excluding tert-OH is 1. The van der Waals surface area contributed by atoms with E-state index in [1.807, 2.05) is 0 Å². The number of nitrogens with two attached hydrogens (primary N) is 1. The van der Waals surface area contributed by atoms with Crippen LogP contribution in [-0.2, 0) is 17.4 Å². The van der Waals surface area contributed by atoms with Gasteiger partial charge in [-0.05, 0) is 35.9 Å². The average Bonchev–Trinajstić information content (AvgIpc) is 2.62. The molecule has 0 aromatic heterocycles. The summed E-state index contributed by atoms with van der Waals surface area (Å²) >= 11 is 0. The van der Waals surface area contributed by atoms with Crippen molar-refractivity contribution in [2.45, 2.75) is 18.6 Å². The van der Waals surface area contributed by atoms with Crippen LogP contribution < -0.4 is 15.8 Å². The Balaban J connectivity index is 1.86. The molecule has 0 aliphatic rings. The van der Waals surface area contributed by atoms with Gasteiger partial charge in [0.25, 0.3) is 0 Å². The van der Waals surface area contributed by atoms with E-state index in [0.29, 0.717) is 23.4 Å². The van der Waals surface area contributed by atoms with Crippen LogP contribution in [0.3, 0.4) is 0 Å². The molecule has 2 aromatic carbocycles. The SMILES string of the molecule is N[C@@H](CO)C(=O)Nc1ccc(OCCc2cccc(C(F)(F)F)c2)cc1. The number of aliphatic hydroxyl groups is 1. The molecule has 0 heterocycles. The van der Waals surface area contributed by atoms with Gasteiger partial charge in [0.1, 0.15) is 11.8 Å². The van der Waals surface area contributed by atoms with Crippen molar-refractivity contribution >= 4 is 11.6 Å². The summed E-state index contributed by atoms with van der Waals surface area (Å²) in [6.07, 6.45) is -4.04. The molecule has 140 valence electrons. The molecule has 2 rings (SSSR count). The van der Waals surface area contributed by atoms with Crippen molar-refractivity contribution in [3.8, 4) is 5.75 Å². The summed E-state index contributed by atoms with van der Waals surface area (Å²) in [5.41, 5.74) is 5.73. The first-order chi connectivity index (χ1) is 12.3. The molecule has 26 heavy (non-hydrogen) atoms. The smallest absolute Gasteiger partial charge is 0.416 e. The van der Waals surface area contributed by atoms with Crippen molar-refractivity contribution in [3.63, 3.8) is 0 Å². The number of amides is 1. The van der Waals surface area contributed by atoms with Crippen LogP contribution in [-0.4, -0.2) is 30.3 Å². The summed E-state index contributed by atoms with van der Waals surface area (Å²) in [5, 5.41) is 11.3. The zero-order chi connectivity index (χ0) is 19.2. The van der Waals surface area contributed by atoms with Crippen molar-refractivity contribution in [1.82, 2.24) is 0 Å². The summed E-state index contributed by atoms with van der Waals surface area (Å²) in [6, 6.07) is 10.5. The second-order valence-electron chi connectivity index (χ2n) is 5.60. The van der Waals surface area contributed by atoms with Crippen LogP contribution in [0.25, 0.3) is 0 Å². The van der Waals surface area contributed by atoms with Gasteiger partial charge in [-0.25, -0.2) is 0 Å². The van der Waals surface area contributed by atoms with E-state index in [2.05, 4.69) is 5.32 Å². The van der Waals surface area contributed by atoms with Gasteiger partial charge in [-0.15, -0.1) is 0 Å². The highest BCUT2D eigenvalue weighted by Crippen LogP contribution is 2.29. The number of anilines is 1. The standard InChI is InChI=1S/C18H19F3N2O3/c19-18(20,21)13-3-1-2-12(10-13)8-9-26-15-6-4-14(5-7-15)23-17(25)16(22)11-24/h1-7,10,16,24H,8-9,11,22H2,(H,23,25)/t16-/m0/s1. The lowest BCUT2D eigenvalue weighted by molar-refractivity contribution is -0.137. The fourth-order valence-electron chi connectivity index (χ4n) is 2.14. The first-order valence-corrected chi connectivity index (χ1v) is 7.86. The van der Waals surface area contributed by atoms with E-state index in [0.717, 1.165) is 12.1 Å². The predicted molar refractivity (Wildman–Crippen MR) is 90.8 cm³/mol. The largest absolute Gasteiger partial charge is 0.493 e. The summed E-state index contributed by atoms with van der Waals surface area (Å²) < 4.78 is 43.5. The summed E-state index contributed by atoms with van der Waals surface area (Å²) in [6.45, 7) is -0.245. The molecule has 0 radical (unpaired) electrons. The van der Waals surface area contributed by atoms with Crippen LogP contribution in [0, 0.1) is 0 Å². The number of alkyl halides is 3. The van der Waals surface area contributed by atoms with E-state index in [1.54, 1.807) is 30.3 Å². The van der Waals surface area contributed by atoms with Crippen molar-refractivity contribution in [2.24, 2.45) is 5.73 Å². The molecular weight excluding hydrogens is 349 g/mol. The van der Waals surface area contributed by atoms with E-state index in [4.69, 9.17) is 15.6 Å². The first-order valence-electron chi connectivity index (χ1n) is 7.86. The maximum absolute atomic E-state index is 12.7. The minimum atomic E-state index is -4.37. The Morgan fingerprint density at radius 1 is 1.19 bits per heavy atom. The molecule has 0 fully saturated rings. The van der Waals surface area contributed by atoms with Crippen LogP contribution in [0.2, 0.25) is 0 Å². The van der Waals surface area contributed by atoms with Crippen LogP contribution in [0.15, 0.2) is 48.5 Å². The molecule has 0 aliphatic carbocycles. The molecule has 0 bridgehead atoms. The second kappa shape index (κ2) is 8.68. The Bertz CT molecular complexity index is 733. The van der Waals surface area contributed by atoms with E-state index in [9.17, 15) is 18.0 Å². The van der Waals surface area contributed by atoms with E-state index in [-0.39, 0.29) is 6.61 Å². The Morgan fingerprint density at radius 3 is 2.50 bits per heavy atom. The lowest BCUT2D eigenvalue weighted by atomic mass is 10.1. The van der Waals surface area contributed by atoms with Gasteiger partial charge in [-0.2, -0.15) is 13.2 Å². The molecule has 0 aliphatic heterocycles. The van der Waals surface area contributed by atoms with E-state index in [1.165, 1.54) is 6.07 Å². The summed E-state index contributed by atoms with van der Waals surface area (Å²) in [7, 11) is 0. The molecule has 4 N–H and O–H groups in total. The van der Waals surface area contributed by atoms with Crippen LogP contribution in [0.1, 0.15) is 11.1 Å². The number of hydrogen-bond acceptors (Lipinski definition) is 4. The monoisotopic (exact) mass is 368 g/mol. The Kier molecular flexibility index (Phi) is 6.59. The molecule has 5 nitrogen and oxygen atoms in total. The molecule has 1 atom stereocenters. The van der Waals surface area contributed by atoms with Gasteiger partial charge in [0.05, 0.1) is 18.8 Å². The Hall–Kier alpha value is -2.58. The predicted octanol–water partition coefficient (Wildman–Crippen LogP) is 2.59. The van der Waals surface area contributed by atoms with Gasteiger partial charge in [-0.1, -0.05) is 18.2 Å². The minimum Gasteiger partial charge on any atom is -0.493 e. The third-order valence-corrected chi connectivity index (χ3v) is 3.57. The lowest BCUT2D eigenvalue weighted by Crippen LogP contribution is -2.38. The van der Waals surface area contributed by atoms with Crippen molar-refractivity contribution in [2.75, 3.05) is 18.5 Å². The van der Waals surface area contributed by atoms with Crippen molar-refractivity contribution < 1.29 is 27.8 Å². The number of carbonyl (C=O) groups excluding carboxylic acids is 1. The fourth-order valence-corrected chi connectivity index (χ4v) is 2.14. The molecule has 2 aromatic rings. The first kappa shape index (κ1) is 19.7. The Morgan fingerprint density at radius 2 is 1.88 bits per heavy atom. The van der Waals surface area contributed by atoms with Crippen molar-refractivity contribution in [1.29, 1.82) is 0 Å². The summed E-state index contributed by atoms with van der Waals surface area (Å²) in [4.78, 5) is 11.5. The zero-order valence-electron chi connectivity index (χ0n) is 13.8. The van der Waals surface area contributed by atoms with Gasteiger partial charge in [0.15, 0.2) is 0 Å². The summed E-state index contributed by atoms with van der Waals surface area (Å²) in [5.74, 6) is 0.00662. The number of halogens is 3. The highest BCUT2D eigenvalue weighted by molar-refractivity contribution is 5.94. The number of nitrogens with one attached hydrogen (secondary N) is 1. The molecule has 0 unspecified atom stereocenters. The number of carbonyl (C=O) groups is 1. The number of benzene rings is 2. The number of hydrogen-bond donors (Lipinski definition) is 3. The molecule has 0 spiro atoms. The maximum Gasteiger partial charge on any atom is 0.416 e. The molecular formula is C18H19F3N2O3. The van der Waals surface area contributed by atoms with Gasteiger partial charge in [0, 0.05) is 12.1 Å². The van der Waals surface area contributed by atoms with Gasteiger partial charge in [-0.3, -0.25) is 4.79 Å². The van der Waals surface area contributed by atoms with E-state index >= 15 is 0 Å². The molecule has 1 amide bonds. The minimum absolute atomic E-state index is 0.211. The lowest BCUT2D eigenvalue weighted by Gasteiger charge is -2.11. The van der Waals surface area contributed by atoms with Crippen molar-refractivity contribution in [3.05, 3.63) is 59.7 Å². The van der Waals surface area contributed by atoms with Crippen LogP contribution >= 0.6 is 0 Å². The van der Waals surface area contributed by atoms with Crippen LogP contribution in [0.4, 0.5) is 18.9 Å². The second-order valence-corrected chi connectivity index (χ2v) is 5.60. The third-order valence-electron chi connectivity index (χ3n) is 3.57. The molecule has 8 heteroatoms. The number of rotatable bonds is 7. The normalized spacial score (nSPS) is 12.5. The number of ether oxygens (including phenoxy) is 1. The zero-order valence-corrected chi connectivity index (χ0v) is 13.8. The Labute approximate surface area is 148 Å². The van der Waals surface area contributed by atoms with Gasteiger partial charge < -0.3 is 20.9 Å². The molecule has 0 saturated heterocycles. The van der Waals surface area contributed by atoms with Gasteiger partial charge >= 0.3 is 6.18 Å². The highest BCUT2D eigenvalue weighted by atomic mass is 19.4. The highest BCUT2D eigenvalue weighted by Gasteiger charge is 2.30. The average molecular weight is 368 g/mol. The molecule has 0 saturated carbocycles. The quantitative estimate of drug-likeness (QED) is 0.701. The van der Waals surface area contributed by atoms with E-state index < -0.39 is 30.3 Å². The van der Waals surface area contributed by atoms with Gasteiger partial charge in [0.2, 0.25) is 5.91 Å². The topological polar surface area (TPSA) is 84.6 Å². The fraction of sp³-hybridized carbons (Fsp3) is 0.278. The maximum atomic E-state index is 12.7.